The molecule has 1 N–H and O–H groups in total. The summed E-state index contributed by atoms with van der Waals surface area (Å²) >= 11 is 5.98. The highest BCUT2D eigenvalue weighted by atomic mass is 35.5. The van der Waals surface area contributed by atoms with Crippen LogP contribution < -0.4 is 5.32 Å². The number of carbonyl (C=O) groups is 1. The maximum absolute atomic E-state index is 11.4. The number of hydrogen-bond donors (Lipinski definition) is 1. The molecule has 0 radical (unpaired) electrons. The molecule has 0 spiro atoms. The average molecular weight is 327 g/mol. The molecule has 0 aliphatic carbocycles. The van der Waals surface area contributed by atoms with Crippen LogP contribution in [0.5, 0.6) is 0 Å². The molecule has 2 rings (SSSR count). The van der Waals surface area contributed by atoms with Crippen molar-refractivity contribution < 1.29 is 14.3 Å². The van der Waals surface area contributed by atoms with E-state index in [0.29, 0.717) is 26.4 Å². The standard InChI is InChI=1S/C16H23ClN2O3/c1-19(2)15(20)22-12-9-18-16(7-10-21-11-8-16)13-3-5-14(17)6-4-13/h3-6,18H,7-12H2,1-2H3. The van der Waals surface area contributed by atoms with Crippen LogP contribution in [0.15, 0.2) is 24.3 Å². The highest BCUT2D eigenvalue weighted by molar-refractivity contribution is 6.30. The topological polar surface area (TPSA) is 50.8 Å². The van der Waals surface area contributed by atoms with Gasteiger partial charge in [-0.2, -0.15) is 0 Å². The third-order valence-corrected chi connectivity index (χ3v) is 4.15. The lowest BCUT2D eigenvalue weighted by molar-refractivity contribution is 0.0333. The van der Waals surface area contributed by atoms with E-state index in [0.717, 1.165) is 17.9 Å². The number of hydrogen-bond acceptors (Lipinski definition) is 4. The van der Waals surface area contributed by atoms with Crippen molar-refractivity contribution in [3.63, 3.8) is 0 Å². The van der Waals surface area contributed by atoms with Crippen LogP contribution in [-0.2, 0) is 15.0 Å². The summed E-state index contributed by atoms with van der Waals surface area (Å²) in [6, 6.07) is 7.91. The predicted molar refractivity (Wildman–Crippen MR) is 86.2 cm³/mol. The van der Waals surface area contributed by atoms with Crippen molar-refractivity contribution in [1.82, 2.24) is 10.2 Å². The molecule has 1 heterocycles. The molecule has 0 unspecified atom stereocenters. The van der Waals surface area contributed by atoms with E-state index >= 15 is 0 Å². The van der Waals surface area contributed by atoms with E-state index in [-0.39, 0.29) is 11.6 Å². The largest absolute Gasteiger partial charge is 0.448 e. The van der Waals surface area contributed by atoms with Crippen molar-refractivity contribution in [2.75, 3.05) is 40.5 Å². The van der Waals surface area contributed by atoms with Crippen molar-refractivity contribution in [3.05, 3.63) is 34.9 Å². The molecule has 0 saturated carbocycles. The lowest BCUT2D eigenvalue weighted by atomic mass is 9.82. The summed E-state index contributed by atoms with van der Waals surface area (Å²) in [5.41, 5.74) is 1.05. The molecule has 1 aromatic carbocycles. The highest BCUT2D eigenvalue weighted by Crippen LogP contribution is 2.32. The number of benzene rings is 1. The molecular weight excluding hydrogens is 304 g/mol. The van der Waals surface area contributed by atoms with Gasteiger partial charge in [-0.15, -0.1) is 0 Å². The highest BCUT2D eigenvalue weighted by Gasteiger charge is 2.33. The summed E-state index contributed by atoms with van der Waals surface area (Å²) < 4.78 is 10.7. The van der Waals surface area contributed by atoms with Crippen LogP contribution in [0.25, 0.3) is 0 Å². The molecule has 22 heavy (non-hydrogen) atoms. The Morgan fingerprint density at radius 3 is 2.55 bits per heavy atom. The monoisotopic (exact) mass is 326 g/mol. The molecule has 1 aliphatic heterocycles. The smallest absolute Gasteiger partial charge is 0.409 e. The Labute approximate surface area is 136 Å². The van der Waals surface area contributed by atoms with E-state index in [4.69, 9.17) is 21.1 Å². The van der Waals surface area contributed by atoms with E-state index < -0.39 is 0 Å². The van der Waals surface area contributed by atoms with Gasteiger partial charge < -0.3 is 19.7 Å². The van der Waals surface area contributed by atoms with Crippen LogP contribution in [0, 0.1) is 0 Å². The van der Waals surface area contributed by atoms with Gasteiger partial charge in [0.15, 0.2) is 0 Å². The van der Waals surface area contributed by atoms with Gasteiger partial charge in [0.2, 0.25) is 0 Å². The van der Waals surface area contributed by atoms with Gasteiger partial charge in [-0.05, 0) is 30.5 Å². The normalized spacial score (nSPS) is 17.0. The zero-order chi connectivity index (χ0) is 16.0. The van der Waals surface area contributed by atoms with E-state index in [1.54, 1.807) is 14.1 Å². The fraction of sp³-hybridized carbons (Fsp3) is 0.562. The zero-order valence-corrected chi connectivity index (χ0v) is 13.9. The Bertz CT molecular complexity index is 485. The number of amides is 1. The maximum Gasteiger partial charge on any atom is 0.409 e. The first-order chi connectivity index (χ1) is 10.5. The number of halogens is 1. The van der Waals surface area contributed by atoms with Crippen LogP contribution in [0.3, 0.4) is 0 Å². The van der Waals surface area contributed by atoms with Crippen LogP contribution in [0.2, 0.25) is 5.02 Å². The second-order valence-corrected chi connectivity index (χ2v) is 6.07. The Balaban J connectivity index is 1.97. The Hall–Kier alpha value is -1.30. The minimum atomic E-state index is -0.325. The summed E-state index contributed by atoms with van der Waals surface area (Å²) in [6.45, 7) is 2.37. The predicted octanol–water partition coefficient (Wildman–Crippen LogP) is 2.63. The van der Waals surface area contributed by atoms with Crippen LogP contribution in [0.1, 0.15) is 18.4 Å². The van der Waals surface area contributed by atoms with Gasteiger partial charge in [-0.25, -0.2) is 4.79 Å². The zero-order valence-electron chi connectivity index (χ0n) is 13.1. The third-order valence-electron chi connectivity index (χ3n) is 3.90. The first kappa shape index (κ1) is 17.1. The van der Waals surface area contributed by atoms with Crippen molar-refractivity contribution in [3.8, 4) is 0 Å². The van der Waals surface area contributed by atoms with Gasteiger partial charge in [0.25, 0.3) is 0 Å². The Morgan fingerprint density at radius 1 is 1.32 bits per heavy atom. The van der Waals surface area contributed by atoms with Gasteiger partial charge in [-0.1, -0.05) is 23.7 Å². The molecule has 1 aromatic rings. The van der Waals surface area contributed by atoms with Gasteiger partial charge in [-0.3, -0.25) is 0 Å². The minimum Gasteiger partial charge on any atom is -0.448 e. The summed E-state index contributed by atoms with van der Waals surface area (Å²) in [5, 5.41) is 4.27. The Morgan fingerprint density at radius 2 is 1.95 bits per heavy atom. The quantitative estimate of drug-likeness (QED) is 0.845. The van der Waals surface area contributed by atoms with E-state index in [1.165, 1.54) is 10.5 Å². The lowest BCUT2D eigenvalue weighted by Gasteiger charge is -2.39. The summed E-state index contributed by atoms with van der Waals surface area (Å²) in [4.78, 5) is 12.8. The SMILES string of the molecule is CN(C)C(=O)OCCNC1(c2ccc(Cl)cc2)CCOCC1. The van der Waals surface area contributed by atoms with Gasteiger partial charge in [0.1, 0.15) is 6.61 Å². The first-order valence-electron chi connectivity index (χ1n) is 7.46. The van der Waals surface area contributed by atoms with Crippen molar-refractivity contribution in [2.45, 2.75) is 18.4 Å². The second kappa shape index (κ2) is 7.81. The van der Waals surface area contributed by atoms with Crippen molar-refractivity contribution in [1.29, 1.82) is 0 Å². The molecule has 1 fully saturated rings. The molecule has 6 heteroatoms. The Kier molecular flexibility index (Phi) is 6.06. The van der Waals surface area contributed by atoms with Crippen molar-refractivity contribution >= 4 is 17.7 Å². The maximum atomic E-state index is 11.4. The molecule has 0 atom stereocenters. The molecule has 1 saturated heterocycles. The minimum absolute atomic E-state index is 0.145. The second-order valence-electron chi connectivity index (χ2n) is 5.64. The number of nitrogens with zero attached hydrogens (tertiary/aromatic N) is 1. The molecular formula is C16H23ClN2O3. The number of carbonyl (C=O) groups excluding carboxylic acids is 1. The van der Waals surface area contributed by atoms with Gasteiger partial charge >= 0.3 is 6.09 Å². The van der Waals surface area contributed by atoms with E-state index in [2.05, 4.69) is 5.32 Å². The molecule has 1 amide bonds. The molecule has 0 bridgehead atoms. The van der Waals surface area contributed by atoms with Gasteiger partial charge in [0.05, 0.1) is 0 Å². The summed E-state index contributed by atoms with van der Waals surface area (Å²) in [6.07, 6.45) is 1.45. The van der Waals surface area contributed by atoms with Gasteiger partial charge in [0, 0.05) is 44.4 Å². The van der Waals surface area contributed by atoms with Crippen molar-refractivity contribution in [2.24, 2.45) is 0 Å². The van der Waals surface area contributed by atoms with E-state index in [9.17, 15) is 4.79 Å². The molecule has 122 valence electrons. The lowest BCUT2D eigenvalue weighted by Crippen LogP contribution is -2.48. The first-order valence-corrected chi connectivity index (χ1v) is 7.84. The van der Waals surface area contributed by atoms with Crippen LogP contribution >= 0.6 is 11.6 Å². The molecule has 0 aromatic heterocycles. The summed E-state index contributed by atoms with van der Waals surface area (Å²) in [5.74, 6) is 0. The number of ether oxygens (including phenoxy) is 2. The fourth-order valence-corrected chi connectivity index (χ4v) is 2.74. The number of rotatable bonds is 5. The average Bonchev–Trinajstić information content (AvgIpc) is 2.52. The van der Waals surface area contributed by atoms with Crippen LogP contribution in [0.4, 0.5) is 4.79 Å². The number of nitrogens with one attached hydrogen (secondary N) is 1. The third kappa shape index (κ3) is 4.35. The van der Waals surface area contributed by atoms with Crippen LogP contribution in [-0.4, -0.2) is 51.5 Å². The molecule has 1 aliphatic rings. The van der Waals surface area contributed by atoms with E-state index in [1.807, 2.05) is 24.3 Å². The fourth-order valence-electron chi connectivity index (χ4n) is 2.61. The summed E-state index contributed by atoms with van der Waals surface area (Å²) in [7, 11) is 3.34. The molecule has 5 nitrogen and oxygen atoms in total.